The molecule has 144 valence electrons. The van der Waals surface area contributed by atoms with Crippen LogP contribution in [0, 0.1) is 6.92 Å². The Morgan fingerprint density at radius 3 is 2.25 bits per heavy atom. The summed E-state index contributed by atoms with van der Waals surface area (Å²) in [5.41, 5.74) is 2.30. The molecule has 0 spiro atoms. The standard InChI is InChI=1S/C20H19ClN4O3/c1-14-17(18(21)25(22-14)16-5-3-2-4-6-16)20(27)24-10-8-23(9-11-24)19(26)15-7-12-28-13-15/h2-7,12-13H,8-11H2,1H3. The van der Waals surface area contributed by atoms with Crippen molar-refractivity contribution < 1.29 is 14.0 Å². The van der Waals surface area contributed by atoms with Crippen molar-refractivity contribution in [1.29, 1.82) is 0 Å². The molecule has 0 aliphatic carbocycles. The van der Waals surface area contributed by atoms with E-state index in [1.165, 1.54) is 12.5 Å². The van der Waals surface area contributed by atoms with Crippen LogP contribution in [0.3, 0.4) is 0 Å². The van der Waals surface area contributed by atoms with Gasteiger partial charge in [-0.15, -0.1) is 0 Å². The molecule has 0 N–H and O–H groups in total. The lowest BCUT2D eigenvalue weighted by Gasteiger charge is -2.34. The van der Waals surface area contributed by atoms with E-state index in [1.54, 1.807) is 27.5 Å². The number of rotatable bonds is 3. The molecule has 1 aromatic carbocycles. The minimum Gasteiger partial charge on any atom is -0.472 e. The van der Waals surface area contributed by atoms with Crippen molar-refractivity contribution in [3.05, 3.63) is 70.9 Å². The number of carbonyl (C=O) groups is 2. The van der Waals surface area contributed by atoms with Crippen LogP contribution in [0.4, 0.5) is 0 Å². The number of nitrogens with zero attached hydrogens (tertiary/aromatic N) is 4. The Bertz CT molecular complexity index is 990. The van der Waals surface area contributed by atoms with Crippen molar-refractivity contribution in [2.24, 2.45) is 0 Å². The van der Waals surface area contributed by atoms with Crippen LogP contribution in [-0.2, 0) is 0 Å². The maximum atomic E-state index is 13.1. The average Bonchev–Trinajstić information content (AvgIpc) is 3.36. The fourth-order valence-corrected chi connectivity index (χ4v) is 3.67. The van der Waals surface area contributed by atoms with Gasteiger partial charge in [-0.3, -0.25) is 9.59 Å². The summed E-state index contributed by atoms with van der Waals surface area (Å²) < 4.78 is 6.55. The van der Waals surface area contributed by atoms with E-state index in [0.29, 0.717) is 48.2 Å². The number of aromatic nitrogens is 2. The first-order valence-electron chi connectivity index (χ1n) is 8.97. The Morgan fingerprint density at radius 1 is 1.00 bits per heavy atom. The second-order valence-electron chi connectivity index (χ2n) is 6.59. The Labute approximate surface area is 167 Å². The van der Waals surface area contributed by atoms with Gasteiger partial charge in [-0.05, 0) is 25.1 Å². The molecule has 3 aromatic rings. The summed E-state index contributed by atoms with van der Waals surface area (Å²) in [6, 6.07) is 11.1. The zero-order valence-electron chi connectivity index (χ0n) is 15.3. The van der Waals surface area contributed by atoms with Gasteiger partial charge in [0.25, 0.3) is 11.8 Å². The van der Waals surface area contributed by atoms with E-state index in [9.17, 15) is 9.59 Å². The summed E-state index contributed by atoms with van der Waals surface area (Å²) in [4.78, 5) is 28.9. The average molecular weight is 399 g/mol. The third-order valence-electron chi connectivity index (χ3n) is 4.84. The molecule has 2 amide bonds. The number of piperazine rings is 1. The third kappa shape index (κ3) is 3.29. The van der Waals surface area contributed by atoms with Crippen LogP contribution in [0.5, 0.6) is 0 Å². The number of benzene rings is 1. The molecule has 1 aliphatic rings. The molecule has 7 nitrogen and oxygen atoms in total. The van der Waals surface area contributed by atoms with E-state index in [1.807, 2.05) is 30.3 Å². The maximum absolute atomic E-state index is 13.1. The van der Waals surface area contributed by atoms with Gasteiger partial charge in [0.15, 0.2) is 0 Å². The van der Waals surface area contributed by atoms with Gasteiger partial charge in [0.05, 0.1) is 28.8 Å². The van der Waals surface area contributed by atoms with Crippen LogP contribution >= 0.6 is 11.6 Å². The van der Waals surface area contributed by atoms with Gasteiger partial charge < -0.3 is 14.2 Å². The highest BCUT2D eigenvalue weighted by atomic mass is 35.5. The van der Waals surface area contributed by atoms with Crippen molar-refractivity contribution in [3.8, 4) is 5.69 Å². The monoisotopic (exact) mass is 398 g/mol. The topological polar surface area (TPSA) is 71.6 Å². The smallest absolute Gasteiger partial charge is 0.259 e. The quantitative estimate of drug-likeness (QED) is 0.679. The van der Waals surface area contributed by atoms with Gasteiger partial charge in [0.2, 0.25) is 0 Å². The van der Waals surface area contributed by atoms with E-state index < -0.39 is 0 Å². The summed E-state index contributed by atoms with van der Waals surface area (Å²) >= 11 is 6.50. The molecular weight excluding hydrogens is 380 g/mol. The fourth-order valence-electron chi connectivity index (χ4n) is 3.32. The largest absolute Gasteiger partial charge is 0.472 e. The van der Waals surface area contributed by atoms with Crippen molar-refractivity contribution in [2.45, 2.75) is 6.92 Å². The van der Waals surface area contributed by atoms with Crippen LogP contribution in [0.2, 0.25) is 5.15 Å². The van der Waals surface area contributed by atoms with Crippen LogP contribution in [0.25, 0.3) is 5.69 Å². The van der Waals surface area contributed by atoms with E-state index in [-0.39, 0.29) is 11.8 Å². The van der Waals surface area contributed by atoms with Crippen molar-refractivity contribution in [1.82, 2.24) is 19.6 Å². The second-order valence-corrected chi connectivity index (χ2v) is 6.95. The SMILES string of the molecule is Cc1nn(-c2ccccc2)c(Cl)c1C(=O)N1CCN(C(=O)c2ccoc2)CC1. The van der Waals surface area contributed by atoms with Gasteiger partial charge in [-0.2, -0.15) is 5.10 Å². The molecule has 1 fully saturated rings. The molecule has 28 heavy (non-hydrogen) atoms. The molecule has 1 aliphatic heterocycles. The van der Waals surface area contributed by atoms with Crippen molar-refractivity contribution in [3.63, 3.8) is 0 Å². The Morgan fingerprint density at radius 2 is 1.64 bits per heavy atom. The zero-order valence-corrected chi connectivity index (χ0v) is 16.1. The van der Waals surface area contributed by atoms with Gasteiger partial charge in [0, 0.05) is 26.2 Å². The number of halogens is 1. The number of furan rings is 1. The van der Waals surface area contributed by atoms with Gasteiger partial charge in [-0.1, -0.05) is 29.8 Å². The maximum Gasteiger partial charge on any atom is 0.259 e. The lowest BCUT2D eigenvalue weighted by Crippen LogP contribution is -2.50. The molecule has 0 atom stereocenters. The molecule has 3 heterocycles. The molecular formula is C20H19ClN4O3. The van der Waals surface area contributed by atoms with Gasteiger partial charge >= 0.3 is 0 Å². The Kier molecular flexibility index (Phi) is 4.92. The van der Waals surface area contributed by atoms with Crippen molar-refractivity contribution >= 4 is 23.4 Å². The predicted molar refractivity (Wildman–Crippen MR) is 104 cm³/mol. The second kappa shape index (κ2) is 7.52. The van der Waals surface area contributed by atoms with Gasteiger partial charge in [0.1, 0.15) is 11.4 Å². The summed E-state index contributed by atoms with van der Waals surface area (Å²) in [7, 11) is 0. The number of amides is 2. The number of carbonyl (C=O) groups excluding carboxylic acids is 2. The van der Waals surface area contributed by atoms with E-state index in [0.717, 1.165) is 5.69 Å². The lowest BCUT2D eigenvalue weighted by molar-refractivity contribution is 0.0534. The number of para-hydroxylation sites is 1. The highest BCUT2D eigenvalue weighted by Crippen LogP contribution is 2.25. The molecule has 0 unspecified atom stereocenters. The first-order valence-corrected chi connectivity index (χ1v) is 9.35. The first kappa shape index (κ1) is 18.3. The Hall–Kier alpha value is -3.06. The van der Waals surface area contributed by atoms with Crippen LogP contribution in [0.1, 0.15) is 26.4 Å². The van der Waals surface area contributed by atoms with E-state index in [4.69, 9.17) is 16.0 Å². The third-order valence-corrected chi connectivity index (χ3v) is 5.19. The minimum atomic E-state index is -0.167. The van der Waals surface area contributed by atoms with Crippen LogP contribution < -0.4 is 0 Å². The summed E-state index contributed by atoms with van der Waals surface area (Å²) in [5.74, 6) is -0.257. The molecule has 8 heteroatoms. The Balaban J connectivity index is 1.49. The molecule has 2 aromatic heterocycles. The highest BCUT2D eigenvalue weighted by Gasteiger charge is 2.29. The molecule has 0 saturated carbocycles. The van der Waals surface area contributed by atoms with Gasteiger partial charge in [-0.25, -0.2) is 4.68 Å². The fraction of sp³-hybridized carbons (Fsp3) is 0.250. The zero-order chi connectivity index (χ0) is 19.7. The van der Waals surface area contributed by atoms with Crippen LogP contribution in [0.15, 0.2) is 53.3 Å². The minimum absolute atomic E-state index is 0.0908. The number of hydrogen-bond acceptors (Lipinski definition) is 4. The summed E-state index contributed by atoms with van der Waals surface area (Å²) in [6.07, 6.45) is 2.91. The van der Waals surface area contributed by atoms with Crippen molar-refractivity contribution in [2.75, 3.05) is 26.2 Å². The molecule has 0 bridgehead atoms. The van der Waals surface area contributed by atoms with Crippen LogP contribution in [-0.4, -0.2) is 57.6 Å². The first-order chi connectivity index (χ1) is 13.6. The number of aryl methyl sites for hydroxylation is 1. The normalized spacial score (nSPS) is 14.4. The predicted octanol–water partition coefficient (Wildman–Crippen LogP) is 3.03. The molecule has 1 saturated heterocycles. The molecule has 0 radical (unpaired) electrons. The lowest BCUT2D eigenvalue weighted by atomic mass is 10.2. The highest BCUT2D eigenvalue weighted by molar-refractivity contribution is 6.33. The van der Waals surface area contributed by atoms with E-state index in [2.05, 4.69) is 5.10 Å². The molecule has 4 rings (SSSR count). The van der Waals surface area contributed by atoms with E-state index >= 15 is 0 Å². The summed E-state index contributed by atoms with van der Waals surface area (Å²) in [6.45, 7) is 3.57. The summed E-state index contributed by atoms with van der Waals surface area (Å²) in [5, 5.41) is 4.73. The number of hydrogen-bond donors (Lipinski definition) is 0.